The molecule has 2 fully saturated rings. The standard InChI is InChI=1S/C16H23N3O2/c1-12-9-19-10-14(7-15(19)11-21-12)18-16(20)5-4-13-3-2-6-17-8-13/h2-3,6,8,12,14-15H,4-5,7,9-11H2,1H3,(H,18,20)/t12-,14+,15-/m0/s1. The van der Waals surface area contributed by atoms with Crippen molar-refractivity contribution in [2.75, 3.05) is 19.7 Å². The number of rotatable bonds is 4. The number of aromatic nitrogens is 1. The molecule has 0 radical (unpaired) electrons. The van der Waals surface area contributed by atoms with Gasteiger partial charge in [-0.05, 0) is 31.4 Å². The molecule has 2 aliphatic rings. The third-order valence-electron chi connectivity index (χ3n) is 4.32. The van der Waals surface area contributed by atoms with Crippen LogP contribution in [0.2, 0.25) is 0 Å². The number of hydrogen-bond acceptors (Lipinski definition) is 4. The second kappa shape index (κ2) is 6.54. The molecule has 5 nitrogen and oxygen atoms in total. The van der Waals surface area contributed by atoms with Gasteiger partial charge in [-0.1, -0.05) is 6.07 Å². The first kappa shape index (κ1) is 14.5. The van der Waals surface area contributed by atoms with Gasteiger partial charge in [0.25, 0.3) is 0 Å². The van der Waals surface area contributed by atoms with Gasteiger partial charge in [-0.2, -0.15) is 0 Å². The molecule has 0 bridgehead atoms. The SMILES string of the molecule is C[C@H]1CN2C[C@H](NC(=O)CCc3cccnc3)C[C@H]2CO1. The van der Waals surface area contributed by atoms with Gasteiger partial charge in [0.2, 0.25) is 5.91 Å². The summed E-state index contributed by atoms with van der Waals surface area (Å²) < 4.78 is 5.69. The number of carbonyl (C=O) groups excluding carboxylic acids is 1. The van der Waals surface area contributed by atoms with E-state index in [1.807, 2.05) is 18.3 Å². The van der Waals surface area contributed by atoms with E-state index in [4.69, 9.17) is 4.74 Å². The second-order valence-electron chi connectivity index (χ2n) is 6.11. The van der Waals surface area contributed by atoms with Crippen LogP contribution in [-0.2, 0) is 16.0 Å². The molecule has 3 rings (SSSR count). The summed E-state index contributed by atoms with van der Waals surface area (Å²) in [6, 6.07) is 4.66. The molecule has 1 N–H and O–H groups in total. The first-order chi connectivity index (χ1) is 10.2. The zero-order chi connectivity index (χ0) is 14.7. The van der Waals surface area contributed by atoms with Crippen molar-refractivity contribution >= 4 is 5.91 Å². The van der Waals surface area contributed by atoms with Crippen LogP contribution < -0.4 is 5.32 Å². The van der Waals surface area contributed by atoms with E-state index in [9.17, 15) is 4.79 Å². The van der Waals surface area contributed by atoms with Crippen LogP contribution in [0.5, 0.6) is 0 Å². The highest BCUT2D eigenvalue weighted by atomic mass is 16.5. The van der Waals surface area contributed by atoms with E-state index in [0.717, 1.165) is 38.1 Å². The Morgan fingerprint density at radius 3 is 3.24 bits per heavy atom. The van der Waals surface area contributed by atoms with E-state index in [0.29, 0.717) is 18.6 Å². The Bertz CT molecular complexity index is 480. The van der Waals surface area contributed by atoms with Crippen molar-refractivity contribution in [3.63, 3.8) is 0 Å². The van der Waals surface area contributed by atoms with Crippen molar-refractivity contribution in [1.82, 2.24) is 15.2 Å². The minimum absolute atomic E-state index is 0.137. The zero-order valence-corrected chi connectivity index (χ0v) is 12.5. The summed E-state index contributed by atoms with van der Waals surface area (Å²) in [5, 5.41) is 3.16. The van der Waals surface area contributed by atoms with Crippen LogP contribution in [-0.4, -0.2) is 53.7 Å². The summed E-state index contributed by atoms with van der Waals surface area (Å²) >= 11 is 0. The average molecular weight is 289 g/mol. The monoisotopic (exact) mass is 289 g/mol. The Morgan fingerprint density at radius 2 is 2.43 bits per heavy atom. The van der Waals surface area contributed by atoms with Crippen molar-refractivity contribution in [3.8, 4) is 0 Å². The number of carbonyl (C=O) groups is 1. The molecule has 5 heteroatoms. The molecule has 114 valence electrons. The highest BCUT2D eigenvalue weighted by Crippen LogP contribution is 2.23. The van der Waals surface area contributed by atoms with E-state index in [-0.39, 0.29) is 11.9 Å². The van der Waals surface area contributed by atoms with E-state index in [1.54, 1.807) is 6.20 Å². The number of hydrogen-bond donors (Lipinski definition) is 1. The van der Waals surface area contributed by atoms with Gasteiger partial charge in [0.15, 0.2) is 0 Å². The molecule has 0 saturated carbocycles. The van der Waals surface area contributed by atoms with Gasteiger partial charge in [-0.3, -0.25) is 14.7 Å². The highest BCUT2D eigenvalue weighted by molar-refractivity contribution is 5.76. The molecule has 0 aliphatic carbocycles. The maximum atomic E-state index is 12.1. The first-order valence-electron chi connectivity index (χ1n) is 7.74. The Balaban J connectivity index is 1.43. The number of pyridine rings is 1. The summed E-state index contributed by atoms with van der Waals surface area (Å²) in [4.78, 5) is 18.6. The lowest BCUT2D eigenvalue weighted by atomic mass is 10.1. The number of morpholine rings is 1. The van der Waals surface area contributed by atoms with Gasteiger partial charge in [-0.15, -0.1) is 0 Å². The Labute approximate surface area is 125 Å². The maximum Gasteiger partial charge on any atom is 0.220 e. The first-order valence-corrected chi connectivity index (χ1v) is 7.74. The van der Waals surface area contributed by atoms with Crippen molar-refractivity contribution in [1.29, 1.82) is 0 Å². The summed E-state index contributed by atoms with van der Waals surface area (Å²) in [5.41, 5.74) is 1.11. The molecular formula is C16H23N3O2. The van der Waals surface area contributed by atoms with Gasteiger partial charge in [0.05, 0.1) is 12.7 Å². The fourth-order valence-electron chi connectivity index (χ4n) is 3.25. The molecule has 0 aromatic carbocycles. The van der Waals surface area contributed by atoms with Crippen LogP contribution in [0.15, 0.2) is 24.5 Å². The summed E-state index contributed by atoms with van der Waals surface area (Å²) in [6.45, 7) is 4.84. The summed E-state index contributed by atoms with van der Waals surface area (Å²) in [6.07, 6.45) is 6.16. The van der Waals surface area contributed by atoms with E-state index >= 15 is 0 Å². The predicted molar refractivity (Wildman–Crippen MR) is 79.9 cm³/mol. The number of fused-ring (bicyclic) bond motifs is 1. The van der Waals surface area contributed by atoms with Gasteiger partial charge in [0, 0.05) is 44.0 Å². The van der Waals surface area contributed by atoms with E-state index < -0.39 is 0 Å². The quantitative estimate of drug-likeness (QED) is 0.898. The average Bonchev–Trinajstić information content (AvgIpc) is 2.87. The van der Waals surface area contributed by atoms with Gasteiger partial charge >= 0.3 is 0 Å². The minimum Gasteiger partial charge on any atom is -0.376 e. The fourth-order valence-corrected chi connectivity index (χ4v) is 3.25. The number of aryl methyl sites for hydroxylation is 1. The molecule has 3 atom stereocenters. The molecule has 2 saturated heterocycles. The topological polar surface area (TPSA) is 54.5 Å². The van der Waals surface area contributed by atoms with Crippen molar-refractivity contribution in [2.24, 2.45) is 0 Å². The van der Waals surface area contributed by atoms with Crippen LogP contribution in [0.25, 0.3) is 0 Å². The molecule has 1 amide bonds. The van der Waals surface area contributed by atoms with Crippen LogP contribution in [0, 0.1) is 0 Å². The van der Waals surface area contributed by atoms with Gasteiger partial charge in [-0.25, -0.2) is 0 Å². The largest absolute Gasteiger partial charge is 0.376 e. The minimum atomic E-state index is 0.137. The Kier molecular flexibility index (Phi) is 4.51. The summed E-state index contributed by atoms with van der Waals surface area (Å²) in [5.74, 6) is 0.137. The fraction of sp³-hybridized carbons (Fsp3) is 0.625. The van der Waals surface area contributed by atoms with E-state index in [1.165, 1.54) is 0 Å². The molecule has 0 unspecified atom stereocenters. The maximum absolute atomic E-state index is 12.1. The zero-order valence-electron chi connectivity index (χ0n) is 12.5. The van der Waals surface area contributed by atoms with Crippen LogP contribution in [0.3, 0.4) is 0 Å². The van der Waals surface area contributed by atoms with Gasteiger partial charge < -0.3 is 10.1 Å². The lowest BCUT2D eigenvalue weighted by Crippen LogP contribution is -2.45. The van der Waals surface area contributed by atoms with Crippen LogP contribution in [0.1, 0.15) is 25.3 Å². The highest BCUT2D eigenvalue weighted by Gasteiger charge is 2.36. The molecule has 1 aromatic rings. The third-order valence-corrected chi connectivity index (χ3v) is 4.32. The lowest BCUT2D eigenvalue weighted by molar-refractivity contribution is -0.121. The predicted octanol–water partition coefficient (Wildman–Crippen LogP) is 0.992. The number of nitrogens with zero attached hydrogens (tertiary/aromatic N) is 2. The smallest absolute Gasteiger partial charge is 0.220 e. The molecule has 0 spiro atoms. The normalized spacial score (nSPS) is 29.1. The molecular weight excluding hydrogens is 266 g/mol. The third kappa shape index (κ3) is 3.80. The van der Waals surface area contributed by atoms with Crippen molar-refractivity contribution < 1.29 is 9.53 Å². The molecule has 3 heterocycles. The number of ether oxygens (including phenoxy) is 1. The van der Waals surface area contributed by atoms with Gasteiger partial charge in [0.1, 0.15) is 0 Å². The second-order valence-corrected chi connectivity index (χ2v) is 6.11. The van der Waals surface area contributed by atoms with Crippen LogP contribution in [0.4, 0.5) is 0 Å². The number of amides is 1. The number of nitrogens with one attached hydrogen (secondary N) is 1. The lowest BCUT2D eigenvalue weighted by Gasteiger charge is -2.33. The van der Waals surface area contributed by atoms with Crippen LogP contribution >= 0.6 is 0 Å². The van der Waals surface area contributed by atoms with Crippen molar-refractivity contribution in [2.45, 2.75) is 44.4 Å². The molecule has 1 aromatic heterocycles. The Hall–Kier alpha value is -1.46. The molecule has 21 heavy (non-hydrogen) atoms. The molecule has 2 aliphatic heterocycles. The Morgan fingerprint density at radius 1 is 1.52 bits per heavy atom. The van der Waals surface area contributed by atoms with E-state index in [2.05, 4.69) is 22.1 Å². The summed E-state index contributed by atoms with van der Waals surface area (Å²) in [7, 11) is 0. The van der Waals surface area contributed by atoms with Crippen molar-refractivity contribution in [3.05, 3.63) is 30.1 Å².